The second-order valence-electron chi connectivity index (χ2n) is 5.40. The lowest BCUT2D eigenvalue weighted by Crippen LogP contribution is -3.08. The van der Waals surface area contributed by atoms with E-state index < -0.39 is 0 Å². The minimum Gasteiger partial charge on any atom is -0.497 e. The molecule has 1 unspecified atom stereocenters. The van der Waals surface area contributed by atoms with Crippen molar-refractivity contribution < 1.29 is 19.2 Å². The van der Waals surface area contributed by atoms with Crippen molar-refractivity contribution in [3.05, 3.63) is 54.1 Å². The second-order valence-corrected chi connectivity index (χ2v) is 5.40. The third-order valence-electron chi connectivity index (χ3n) is 3.52. The maximum absolute atomic E-state index is 12.1. The molecule has 0 saturated heterocycles. The molecular weight excluding hydrogens is 292 g/mol. The Balaban J connectivity index is 1.88. The molecule has 0 bridgehead atoms. The number of amides is 1. The molecular formula is C18H23N2O3+. The Morgan fingerprint density at radius 3 is 2.39 bits per heavy atom. The summed E-state index contributed by atoms with van der Waals surface area (Å²) in [5, 5.41) is 2.89. The molecule has 1 atom stereocenters. The molecule has 0 saturated carbocycles. The molecule has 0 heterocycles. The van der Waals surface area contributed by atoms with Gasteiger partial charge in [-0.1, -0.05) is 12.1 Å². The summed E-state index contributed by atoms with van der Waals surface area (Å²) in [7, 11) is 5.26. The van der Waals surface area contributed by atoms with Crippen molar-refractivity contribution in [3.63, 3.8) is 0 Å². The molecule has 0 radical (unpaired) electrons. The SMILES string of the molecule is COc1ccc(NC(=O)C[NH+](C)Cc2ccccc2OC)cc1. The van der Waals surface area contributed by atoms with Gasteiger partial charge < -0.3 is 19.7 Å². The molecule has 0 spiro atoms. The van der Waals surface area contributed by atoms with Crippen LogP contribution < -0.4 is 19.7 Å². The Morgan fingerprint density at radius 2 is 1.74 bits per heavy atom. The molecule has 2 N–H and O–H groups in total. The fraction of sp³-hybridized carbons (Fsp3) is 0.278. The molecule has 5 nitrogen and oxygen atoms in total. The Kier molecular flexibility index (Phi) is 6.00. The van der Waals surface area contributed by atoms with Crippen LogP contribution in [0.1, 0.15) is 5.56 Å². The first-order chi connectivity index (χ1) is 11.1. The van der Waals surface area contributed by atoms with E-state index in [4.69, 9.17) is 9.47 Å². The molecule has 23 heavy (non-hydrogen) atoms. The van der Waals surface area contributed by atoms with Gasteiger partial charge in [0.05, 0.1) is 21.3 Å². The molecule has 122 valence electrons. The summed E-state index contributed by atoms with van der Waals surface area (Å²) in [6.07, 6.45) is 0. The number of anilines is 1. The van der Waals surface area contributed by atoms with Crippen molar-refractivity contribution in [1.29, 1.82) is 0 Å². The van der Waals surface area contributed by atoms with Crippen molar-refractivity contribution in [2.45, 2.75) is 6.54 Å². The van der Waals surface area contributed by atoms with Gasteiger partial charge in [-0.3, -0.25) is 4.79 Å². The molecule has 0 aromatic heterocycles. The number of nitrogens with one attached hydrogen (secondary N) is 2. The van der Waals surface area contributed by atoms with E-state index in [-0.39, 0.29) is 5.91 Å². The zero-order valence-corrected chi connectivity index (χ0v) is 13.8. The summed E-state index contributed by atoms with van der Waals surface area (Å²) >= 11 is 0. The number of carbonyl (C=O) groups excluding carboxylic acids is 1. The summed E-state index contributed by atoms with van der Waals surface area (Å²) in [6.45, 7) is 1.10. The van der Waals surface area contributed by atoms with Gasteiger partial charge in [0.2, 0.25) is 0 Å². The zero-order chi connectivity index (χ0) is 16.7. The molecule has 0 aliphatic rings. The van der Waals surface area contributed by atoms with Crippen LogP contribution in [0.3, 0.4) is 0 Å². The number of ether oxygens (including phenoxy) is 2. The fourth-order valence-electron chi connectivity index (χ4n) is 2.39. The number of methoxy groups -OCH3 is 2. The zero-order valence-electron chi connectivity index (χ0n) is 13.8. The van der Waals surface area contributed by atoms with Crippen LogP contribution in [0.2, 0.25) is 0 Å². The van der Waals surface area contributed by atoms with E-state index in [1.165, 1.54) is 0 Å². The van der Waals surface area contributed by atoms with Gasteiger partial charge in [0.1, 0.15) is 18.0 Å². The number of quaternary nitrogens is 1. The predicted octanol–water partition coefficient (Wildman–Crippen LogP) is 1.36. The Hall–Kier alpha value is -2.53. The number of rotatable bonds is 7. The monoisotopic (exact) mass is 315 g/mol. The van der Waals surface area contributed by atoms with Crippen LogP contribution in [-0.4, -0.2) is 33.7 Å². The standard InChI is InChI=1S/C18H22N2O3/c1-20(12-14-6-4-5-7-17(14)23-3)13-18(21)19-15-8-10-16(22-2)11-9-15/h4-11H,12-13H2,1-3H3,(H,19,21)/p+1. The van der Waals surface area contributed by atoms with Crippen molar-refractivity contribution in [2.24, 2.45) is 0 Å². The minimum absolute atomic E-state index is 0.0254. The maximum Gasteiger partial charge on any atom is 0.279 e. The average Bonchev–Trinajstić information content (AvgIpc) is 2.55. The van der Waals surface area contributed by atoms with Crippen LogP contribution in [-0.2, 0) is 11.3 Å². The highest BCUT2D eigenvalue weighted by atomic mass is 16.5. The van der Waals surface area contributed by atoms with Crippen LogP contribution in [0.5, 0.6) is 11.5 Å². The first kappa shape index (κ1) is 16.8. The van der Waals surface area contributed by atoms with Gasteiger partial charge in [-0.25, -0.2) is 0 Å². The largest absolute Gasteiger partial charge is 0.497 e. The highest BCUT2D eigenvalue weighted by Gasteiger charge is 2.13. The Bertz CT molecular complexity index is 641. The van der Waals surface area contributed by atoms with Crippen molar-refractivity contribution in [3.8, 4) is 11.5 Å². The Morgan fingerprint density at radius 1 is 1.04 bits per heavy atom. The van der Waals surface area contributed by atoms with Crippen molar-refractivity contribution >= 4 is 11.6 Å². The lowest BCUT2D eigenvalue weighted by atomic mass is 10.2. The highest BCUT2D eigenvalue weighted by Crippen LogP contribution is 2.16. The van der Waals surface area contributed by atoms with E-state index in [2.05, 4.69) is 5.32 Å². The Labute approximate surface area is 136 Å². The number of benzene rings is 2. The van der Waals surface area contributed by atoms with Gasteiger partial charge in [0, 0.05) is 11.3 Å². The van der Waals surface area contributed by atoms with Crippen molar-refractivity contribution in [2.75, 3.05) is 33.1 Å². The maximum atomic E-state index is 12.1. The van der Waals surface area contributed by atoms with E-state index in [0.717, 1.165) is 34.2 Å². The summed E-state index contributed by atoms with van der Waals surface area (Å²) in [6, 6.07) is 15.2. The molecule has 1 amide bonds. The predicted molar refractivity (Wildman–Crippen MR) is 90.1 cm³/mol. The van der Waals surface area contributed by atoms with Crippen LogP contribution in [0.25, 0.3) is 0 Å². The molecule has 2 aromatic rings. The van der Waals surface area contributed by atoms with E-state index in [1.54, 1.807) is 14.2 Å². The van der Waals surface area contributed by atoms with Gasteiger partial charge in [-0.05, 0) is 36.4 Å². The molecule has 5 heteroatoms. The quantitative estimate of drug-likeness (QED) is 0.811. The number of likely N-dealkylation sites (N-methyl/N-ethyl adjacent to an activating group) is 1. The van der Waals surface area contributed by atoms with E-state index in [1.807, 2.05) is 55.6 Å². The van der Waals surface area contributed by atoms with Gasteiger partial charge in [0.25, 0.3) is 5.91 Å². The van der Waals surface area contributed by atoms with E-state index >= 15 is 0 Å². The minimum atomic E-state index is -0.0254. The number of carbonyl (C=O) groups is 1. The fourth-order valence-corrected chi connectivity index (χ4v) is 2.39. The lowest BCUT2D eigenvalue weighted by molar-refractivity contribution is -0.885. The normalized spacial score (nSPS) is 11.6. The van der Waals surface area contributed by atoms with Crippen LogP contribution in [0.15, 0.2) is 48.5 Å². The third-order valence-corrected chi connectivity index (χ3v) is 3.52. The third kappa shape index (κ3) is 5.00. The number of para-hydroxylation sites is 1. The molecule has 2 rings (SSSR count). The molecule has 2 aromatic carbocycles. The summed E-state index contributed by atoms with van der Waals surface area (Å²) in [4.78, 5) is 13.2. The number of hydrogen-bond donors (Lipinski definition) is 2. The van der Waals surface area contributed by atoms with Gasteiger partial charge in [-0.2, -0.15) is 0 Å². The van der Waals surface area contributed by atoms with Gasteiger partial charge in [0.15, 0.2) is 6.54 Å². The van der Waals surface area contributed by atoms with Crippen LogP contribution >= 0.6 is 0 Å². The summed E-state index contributed by atoms with van der Waals surface area (Å²) in [5.74, 6) is 1.59. The number of hydrogen-bond acceptors (Lipinski definition) is 3. The topological polar surface area (TPSA) is 52.0 Å². The van der Waals surface area contributed by atoms with E-state index in [0.29, 0.717) is 6.54 Å². The van der Waals surface area contributed by atoms with E-state index in [9.17, 15) is 4.79 Å². The smallest absolute Gasteiger partial charge is 0.279 e. The first-order valence-corrected chi connectivity index (χ1v) is 7.49. The lowest BCUT2D eigenvalue weighted by Gasteiger charge is -2.15. The average molecular weight is 315 g/mol. The second kappa shape index (κ2) is 8.19. The van der Waals surface area contributed by atoms with Crippen molar-refractivity contribution in [1.82, 2.24) is 0 Å². The summed E-state index contributed by atoms with van der Waals surface area (Å²) < 4.78 is 10.4. The molecule has 0 aliphatic heterocycles. The van der Waals surface area contributed by atoms with Crippen LogP contribution in [0.4, 0.5) is 5.69 Å². The van der Waals surface area contributed by atoms with Gasteiger partial charge in [-0.15, -0.1) is 0 Å². The summed E-state index contributed by atoms with van der Waals surface area (Å²) in [5.41, 5.74) is 1.85. The highest BCUT2D eigenvalue weighted by molar-refractivity contribution is 5.91. The first-order valence-electron chi connectivity index (χ1n) is 7.49. The van der Waals surface area contributed by atoms with Crippen LogP contribution in [0, 0.1) is 0 Å². The van der Waals surface area contributed by atoms with Gasteiger partial charge >= 0.3 is 0 Å². The molecule has 0 aliphatic carbocycles. The molecule has 0 fully saturated rings.